The van der Waals surface area contributed by atoms with Gasteiger partial charge in [0.05, 0.1) is 0 Å². The van der Waals surface area contributed by atoms with Gasteiger partial charge in [0.1, 0.15) is 17.8 Å². The number of halogens is 1. The maximum absolute atomic E-state index is 15.3. The summed E-state index contributed by atoms with van der Waals surface area (Å²) < 4.78 is 26.8. The minimum Gasteiger partial charge on any atom is -0.486 e. The van der Waals surface area contributed by atoms with Gasteiger partial charge in [-0.25, -0.2) is 9.18 Å². The summed E-state index contributed by atoms with van der Waals surface area (Å²) in [6.07, 6.45) is 13.5. The second kappa shape index (κ2) is 11.8. The van der Waals surface area contributed by atoms with Crippen LogP contribution in [0.2, 0.25) is 0 Å². The molecule has 198 valence electrons. The van der Waals surface area contributed by atoms with Gasteiger partial charge >= 0.3 is 5.63 Å². The van der Waals surface area contributed by atoms with Crippen molar-refractivity contribution in [1.29, 1.82) is 0 Å². The zero-order valence-corrected chi connectivity index (χ0v) is 22.4. The molecule has 0 N–H and O–H groups in total. The molecule has 2 aromatic carbocycles. The van der Waals surface area contributed by atoms with Crippen molar-refractivity contribution in [2.45, 2.75) is 97.0 Å². The van der Waals surface area contributed by atoms with Crippen LogP contribution in [0.1, 0.15) is 101 Å². The number of hydrogen-bond donors (Lipinski definition) is 0. The van der Waals surface area contributed by atoms with Crippen LogP contribution in [0.3, 0.4) is 0 Å². The van der Waals surface area contributed by atoms with Crippen LogP contribution < -0.4 is 10.4 Å². The van der Waals surface area contributed by atoms with E-state index < -0.39 is 11.4 Å². The molecule has 2 saturated carbocycles. The van der Waals surface area contributed by atoms with Crippen molar-refractivity contribution < 1.29 is 13.5 Å². The third-order valence-electron chi connectivity index (χ3n) is 9.12. The van der Waals surface area contributed by atoms with Gasteiger partial charge in [-0.3, -0.25) is 0 Å². The molecule has 3 nitrogen and oxygen atoms in total. The number of fused-ring (bicyclic) bond motifs is 1. The van der Waals surface area contributed by atoms with E-state index in [0.717, 1.165) is 49.0 Å². The van der Waals surface area contributed by atoms with E-state index in [2.05, 4.69) is 26.0 Å². The third-order valence-corrected chi connectivity index (χ3v) is 9.12. The molecule has 0 unspecified atom stereocenters. The van der Waals surface area contributed by atoms with Crippen molar-refractivity contribution in [1.82, 2.24) is 0 Å². The van der Waals surface area contributed by atoms with E-state index in [1.807, 2.05) is 18.2 Å². The fourth-order valence-corrected chi connectivity index (χ4v) is 6.75. The lowest BCUT2D eigenvalue weighted by Gasteiger charge is -2.37. The summed E-state index contributed by atoms with van der Waals surface area (Å²) in [4.78, 5) is 12.9. The molecule has 1 aromatic heterocycles. The minimum atomic E-state index is -0.633. The summed E-state index contributed by atoms with van der Waals surface area (Å²) in [7, 11) is 0. The standard InChI is InChI=1S/C33H41FO3/c1-3-5-23-6-8-24(9-7-23)21-36-29-19-18-28-20-30(37-33(35)31(28)32(29)34)27-16-14-26(15-17-27)25-12-10-22(4-2)11-13-25/h6-9,18-20,22,25-27H,3-5,10-17,21H2,1-2H3. The molecule has 5 rings (SSSR count). The molecule has 4 heteroatoms. The summed E-state index contributed by atoms with van der Waals surface area (Å²) in [6.45, 7) is 4.73. The molecule has 3 aromatic rings. The summed E-state index contributed by atoms with van der Waals surface area (Å²) in [5.41, 5.74) is 1.65. The summed E-state index contributed by atoms with van der Waals surface area (Å²) in [6, 6.07) is 13.5. The van der Waals surface area contributed by atoms with Crippen LogP contribution in [0.15, 0.2) is 51.7 Å². The van der Waals surface area contributed by atoms with Crippen LogP contribution in [-0.4, -0.2) is 0 Å². The van der Waals surface area contributed by atoms with E-state index in [4.69, 9.17) is 9.15 Å². The van der Waals surface area contributed by atoms with Crippen LogP contribution in [0.4, 0.5) is 4.39 Å². The van der Waals surface area contributed by atoms with Gasteiger partial charge in [0.2, 0.25) is 0 Å². The lowest BCUT2D eigenvalue weighted by Crippen LogP contribution is -2.25. The predicted octanol–water partition coefficient (Wildman–Crippen LogP) is 8.95. The van der Waals surface area contributed by atoms with E-state index in [1.165, 1.54) is 50.5 Å². The fraction of sp³-hybridized carbons (Fsp3) is 0.545. The Balaban J connectivity index is 1.24. The van der Waals surface area contributed by atoms with Crippen molar-refractivity contribution >= 4 is 10.8 Å². The van der Waals surface area contributed by atoms with Crippen LogP contribution in [0.25, 0.3) is 10.8 Å². The number of benzene rings is 2. The first-order valence-corrected chi connectivity index (χ1v) is 14.5. The number of ether oxygens (including phenoxy) is 1. The SMILES string of the molecule is CCCc1ccc(COc2ccc3cc(C4CCC(C5CCC(CC)CC5)CC4)oc(=O)c3c2F)cc1. The first-order chi connectivity index (χ1) is 18.1. The Morgan fingerprint density at radius 2 is 1.51 bits per heavy atom. The number of rotatable bonds is 8. The molecule has 37 heavy (non-hydrogen) atoms. The molecule has 1 heterocycles. The van der Waals surface area contributed by atoms with Gasteiger partial charge in [0, 0.05) is 5.92 Å². The third kappa shape index (κ3) is 5.94. The summed E-state index contributed by atoms with van der Waals surface area (Å²) >= 11 is 0. The molecular formula is C33H41FO3. The highest BCUT2D eigenvalue weighted by atomic mass is 19.1. The van der Waals surface area contributed by atoms with E-state index in [1.54, 1.807) is 12.1 Å². The first kappa shape index (κ1) is 26.0. The Morgan fingerprint density at radius 3 is 2.16 bits per heavy atom. The average Bonchev–Trinajstić information content (AvgIpc) is 2.93. The number of aryl methyl sites for hydroxylation is 1. The molecule has 2 aliphatic rings. The fourth-order valence-electron chi connectivity index (χ4n) is 6.75. The Morgan fingerprint density at radius 1 is 0.865 bits per heavy atom. The van der Waals surface area contributed by atoms with Crippen LogP contribution in [-0.2, 0) is 13.0 Å². The van der Waals surface area contributed by atoms with Crippen molar-refractivity contribution in [3.63, 3.8) is 0 Å². The molecule has 0 amide bonds. The summed E-state index contributed by atoms with van der Waals surface area (Å²) in [5, 5.41) is 0.584. The Bertz CT molecular complexity index is 1230. The number of hydrogen-bond acceptors (Lipinski definition) is 3. The van der Waals surface area contributed by atoms with Crippen LogP contribution in [0.5, 0.6) is 5.75 Å². The predicted molar refractivity (Wildman–Crippen MR) is 148 cm³/mol. The highest BCUT2D eigenvalue weighted by Crippen LogP contribution is 2.44. The van der Waals surface area contributed by atoms with Gasteiger partial charge in [-0.1, -0.05) is 69.9 Å². The summed E-state index contributed by atoms with van der Waals surface area (Å²) in [5.74, 6) is 3.02. The quantitative estimate of drug-likeness (QED) is 0.307. The zero-order chi connectivity index (χ0) is 25.8. The second-order valence-electron chi connectivity index (χ2n) is 11.4. The zero-order valence-electron chi connectivity index (χ0n) is 22.4. The molecule has 2 fully saturated rings. The molecule has 0 aliphatic heterocycles. The topological polar surface area (TPSA) is 39.4 Å². The van der Waals surface area contributed by atoms with Gasteiger partial charge in [-0.2, -0.15) is 0 Å². The van der Waals surface area contributed by atoms with Crippen molar-refractivity contribution in [3.05, 3.63) is 75.6 Å². The van der Waals surface area contributed by atoms with Crippen LogP contribution >= 0.6 is 0 Å². The largest absolute Gasteiger partial charge is 0.486 e. The van der Waals surface area contributed by atoms with Crippen LogP contribution in [0, 0.1) is 23.6 Å². The van der Waals surface area contributed by atoms with Crippen molar-refractivity contribution in [2.75, 3.05) is 0 Å². The van der Waals surface area contributed by atoms with E-state index in [-0.39, 0.29) is 23.7 Å². The smallest absolute Gasteiger partial charge is 0.346 e. The van der Waals surface area contributed by atoms with Crippen molar-refractivity contribution in [3.8, 4) is 5.75 Å². The minimum absolute atomic E-state index is 0.0130. The van der Waals surface area contributed by atoms with Gasteiger partial charge in [0.25, 0.3) is 0 Å². The lowest BCUT2D eigenvalue weighted by atomic mass is 9.68. The van der Waals surface area contributed by atoms with Gasteiger partial charge in [-0.15, -0.1) is 0 Å². The maximum atomic E-state index is 15.3. The maximum Gasteiger partial charge on any atom is 0.346 e. The molecule has 2 aliphatic carbocycles. The lowest BCUT2D eigenvalue weighted by molar-refractivity contribution is 0.154. The van der Waals surface area contributed by atoms with Crippen molar-refractivity contribution in [2.24, 2.45) is 17.8 Å². The molecule has 0 saturated heterocycles. The highest BCUT2D eigenvalue weighted by molar-refractivity contribution is 5.83. The Kier molecular flexibility index (Phi) is 8.32. The Hall–Kier alpha value is -2.62. The van der Waals surface area contributed by atoms with Gasteiger partial charge < -0.3 is 9.15 Å². The second-order valence-corrected chi connectivity index (χ2v) is 11.4. The molecule has 0 atom stereocenters. The highest BCUT2D eigenvalue weighted by Gasteiger charge is 2.32. The van der Waals surface area contributed by atoms with Gasteiger partial charge in [-0.05, 0) is 91.3 Å². The first-order valence-electron chi connectivity index (χ1n) is 14.5. The molecular weight excluding hydrogens is 463 g/mol. The molecule has 0 radical (unpaired) electrons. The molecule has 0 spiro atoms. The molecule has 0 bridgehead atoms. The Labute approximate surface area is 220 Å². The monoisotopic (exact) mass is 504 g/mol. The van der Waals surface area contributed by atoms with E-state index in [0.29, 0.717) is 11.1 Å². The van der Waals surface area contributed by atoms with Gasteiger partial charge in [0.15, 0.2) is 11.6 Å². The van der Waals surface area contributed by atoms with E-state index >= 15 is 4.39 Å². The normalized spacial score (nSPS) is 24.3. The average molecular weight is 505 g/mol. The van der Waals surface area contributed by atoms with E-state index in [9.17, 15) is 4.79 Å².